The van der Waals surface area contributed by atoms with Crippen molar-refractivity contribution >= 4 is 22.7 Å². The van der Waals surface area contributed by atoms with E-state index < -0.39 is 5.91 Å². The van der Waals surface area contributed by atoms with Gasteiger partial charge in [0, 0.05) is 36.0 Å². The average molecular weight is 414 g/mol. The van der Waals surface area contributed by atoms with Gasteiger partial charge in [-0.25, -0.2) is 0 Å². The minimum absolute atomic E-state index is 0.0599. The Bertz CT molecular complexity index is 837. The summed E-state index contributed by atoms with van der Waals surface area (Å²) in [6, 6.07) is 10.1. The van der Waals surface area contributed by atoms with Gasteiger partial charge in [-0.05, 0) is 50.7 Å². The molecule has 1 saturated carbocycles. The van der Waals surface area contributed by atoms with Gasteiger partial charge >= 0.3 is 0 Å². The highest BCUT2D eigenvalue weighted by atomic mass is 16.3. The number of para-hydroxylation sites is 1. The van der Waals surface area contributed by atoms with Gasteiger partial charge in [0.05, 0.1) is 0 Å². The van der Waals surface area contributed by atoms with Crippen molar-refractivity contribution in [1.29, 1.82) is 0 Å². The van der Waals surface area contributed by atoms with E-state index in [9.17, 15) is 9.59 Å². The molecule has 164 valence electrons. The summed E-state index contributed by atoms with van der Waals surface area (Å²) in [5.41, 5.74) is 7.24. The number of unbranched alkanes of at least 4 members (excludes halogenated alkanes) is 5. The lowest BCUT2D eigenvalue weighted by molar-refractivity contribution is -0.126. The zero-order chi connectivity index (χ0) is 21.3. The summed E-state index contributed by atoms with van der Waals surface area (Å²) in [6.07, 6.45) is 9.84. The maximum atomic E-state index is 12.5. The first-order chi connectivity index (χ1) is 14.6. The van der Waals surface area contributed by atoms with E-state index in [1.807, 2.05) is 30.3 Å². The molecule has 1 aliphatic rings. The summed E-state index contributed by atoms with van der Waals surface area (Å²) in [7, 11) is 0. The van der Waals surface area contributed by atoms with Crippen LogP contribution in [0.5, 0.6) is 0 Å². The fourth-order valence-corrected chi connectivity index (χ4v) is 4.65. The number of fused-ring (bicyclic) bond motifs is 1. The molecule has 0 aliphatic heterocycles. The molecule has 1 aromatic heterocycles. The van der Waals surface area contributed by atoms with Crippen LogP contribution in [0.25, 0.3) is 10.9 Å². The minimum atomic E-state index is -0.401. The van der Waals surface area contributed by atoms with Gasteiger partial charge in [-0.15, -0.1) is 0 Å². The van der Waals surface area contributed by atoms with Crippen LogP contribution in [0.3, 0.4) is 0 Å². The molecule has 6 nitrogen and oxygen atoms in total. The quantitative estimate of drug-likeness (QED) is 0.487. The molecule has 0 bridgehead atoms. The summed E-state index contributed by atoms with van der Waals surface area (Å²) >= 11 is 0. The van der Waals surface area contributed by atoms with Gasteiger partial charge in [-0.1, -0.05) is 43.9 Å². The largest absolute Gasteiger partial charge is 0.396 e. The Kier molecular flexibility index (Phi) is 8.31. The first-order valence-corrected chi connectivity index (χ1v) is 11.4. The van der Waals surface area contributed by atoms with Crippen LogP contribution in [0.4, 0.5) is 0 Å². The van der Waals surface area contributed by atoms with Gasteiger partial charge in [0.15, 0.2) is 0 Å². The van der Waals surface area contributed by atoms with E-state index in [0.29, 0.717) is 5.69 Å². The number of benzene rings is 1. The van der Waals surface area contributed by atoms with Crippen molar-refractivity contribution in [3.8, 4) is 0 Å². The Morgan fingerprint density at radius 3 is 2.37 bits per heavy atom. The average Bonchev–Trinajstić information content (AvgIpc) is 3.15. The number of nitrogens with zero attached hydrogens (tertiary/aromatic N) is 1. The molecule has 6 heteroatoms. The van der Waals surface area contributed by atoms with E-state index in [1.165, 1.54) is 0 Å². The fourth-order valence-electron chi connectivity index (χ4n) is 4.65. The molecule has 1 aromatic carbocycles. The van der Waals surface area contributed by atoms with Gasteiger partial charge in [0.2, 0.25) is 5.91 Å². The number of primary amides is 1. The predicted molar refractivity (Wildman–Crippen MR) is 119 cm³/mol. The number of nitrogens with two attached hydrogens (primary N) is 1. The van der Waals surface area contributed by atoms with E-state index in [2.05, 4.69) is 9.88 Å². The van der Waals surface area contributed by atoms with Crippen molar-refractivity contribution < 1.29 is 14.7 Å². The lowest BCUT2D eigenvalue weighted by atomic mass is 9.85. The second kappa shape index (κ2) is 11.2. The maximum absolute atomic E-state index is 12.5. The Hall–Kier alpha value is -2.34. The van der Waals surface area contributed by atoms with Crippen LogP contribution in [0.15, 0.2) is 30.3 Å². The van der Waals surface area contributed by atoms with Crippen LogP contribution in [-0.4, -0.2) is 34.6 Å². The number of carbonyl (C=O) groups is 2. The first-order valence-electron chi connectivity index (χ1n) is 11.4. The fraction of sp³-hybridized carbons (Fsp3) is 0.583. The maximum Gasteiger partial charge on any atom is 0.265 e. The number of amides is 2. The Morgan fingerprint density at radius 1 is 1.00 bits per heavy atom. The van der Waals surface area contributed by atoms with Gasteiger partial charge < -0.3 is 20.7 Å². The molecule has 1 fully saturated rings. The number of nitrogens with one attached hydrogen (secondary N) is 1. The Labute approximate surface area is 178 Å². The Balaban J connectivity index is 1.46. The summed E-state index contributed by atoms with van der Waals surface area (Å²) < 4.78 is 2.09. The van der Waals surface area contributed by atoms with Crippen LogP contribution in [0.1, 0.15) is 80.7 Å². The van der Waals surface area contributed by atoms with Crippen LogP contribution in [0.2, 0.25) is 0 Å². The molecule has 0 saturated heterocycles. The van der Waals surface area contributed by atoms with Crippen molar-refractivity contribution in [2.75, 3.05) is 13.2 Å². The zero-order valence-electron chi connectivity index (χ0n) is 17.8. The predicted octanol–water partition coefficient (Wildman–Crippen LogP) is 3.92. The Morgan fingerprint density at radius 2 is 1.67 bits per heavy atom. The number of carbonyl (C=O) groups excluding carboxylic acids is 2. The molecule has 1 heterocycles. The number of aliphatic hydroxyl groups excluding tert-OH is 1. The third-order valence-corrected chi connectivity index (χ3v) is 6.32. The van der Waals surface area contributed by atoms with Gasteiger partial charge in [0.1, 0.15) is 5.69 Å². The van der Waals surface area contributed by atoms with Crippen LogP contribution < -0.4 is 11.1 Å². The number of hydrogen-bond acceptors (Lipinski definition) is 3. The molecule has 4 N–H and O–H groups in total. The minimum Gasteiger partial charge on any atom is -0.396 e. The molecule has 3 rings (SSSR count). The molecule has 0 atom stereocenters. The van der Waals surface area contributed by atoms with Crippen molar-refractivity contribution in [3.05, 3.63) is 36.0 Å². The van der Waals surface area contributed by atoms with E-state index >= 15 is 0 Å². The molecule has 1 aliphatic carbocycles. The molecule has 0 spiro atoms. The smallest absolute Gasteiger partial charge is 0.265 e. The first kappa shape index (κ1) is 22.3. The topological polar surface area (TPSA) is 97.4 Å². The zero-order valence-corrected chi connectivity index (χ0v) is 17.8. The molecule has 30 heavy (non-hydrogen) atoms. The second-order valence-electron chi connectivity index (χ2n) is 8.46. The van der Waals surface area contributed by atoms with Crippen LogP contribution in [-0.2, 0) is 4.79 Å². The molecular formula is C24H35N3O3. The van der Waals surface area contributed by atoms with Gasteiger partial charge in [0.25, 0.3) is 5.91 Å². The van der Waals surface area contributed by atoms with Gasteiger partial charge in [-0.3, -0.25) is 9.59 Å². The molecule has 2 amide bonds. The molecule has 0 radical (unpaired) electrons. The highest BCUT2D eigenvalue weighted by Crippen LogP contribution is 2.36. The van der Waals surface area contributed by atoms with Crippen molar-refractivity contribution in [1.82, 2.24) is 9.88 Å². The van der Waals surface area contributed by atoms with Crippen molar-refractivity contribution in [3.63, 3.8) is 0 Å². The third-order valence-electron chi connectivity index (χ3n) is 6.32. The van der Waals surface area contributed by atoms with E-state index in [1.54, 1.807) is 0 Å². The highest BCUT2D eigenvalue weighted by molar-refractivity contribution is 5.98. The molecule has 0 unspecified atom stereocenters. The van der Waals surface area contributed by atoms with E-state index in [-0.39, 0.29) is 24.5 Å². The second-order valence-corrected chi connectivity index (χ2v) is 8.46. The van der Waals surface area contributed by atoms with Crippen molar-refractivity contribution in [2.45, 2.75) is 70.3 Å². The van der Waals surface area contributed by atoms with Crippen LogP contribution >= 0.6 is 0 Å². The summed E-state index contributed by atoms with van der Waals surface area (Å²) in [5.74, 6) is -0.173. The lowest BCUT2D eigenvalue weighted by Crippen LogP contribution is -2.34. The molecule has 2 aromatic rings. The summed E-state index contributed by atoms with van der Waals surface area (Å²) in [6.45, 7) is 1.02. The molecular weight excluding hydrogens is 378 g/mol. The van der Waals surface area contributed by atoms with Crippen LogP contribution in [0, 0.1) is 5.92 Å². The number of rotatable bonds is 11. The summed E-state index contributed by atoms with van der Waals surface area (Å²) in [4.78, 5) is 24.5. The third kappa shape index (κ3) is 5.63. The van der Waals surface area contributed by atoms with Crippen molar-refractivity contribution in [2.24, 2.45) is 11.7 Å². The monoisotopic (exact) mass is 413 g/mol. The lowest BCUT2D eigenvalue weighted by Gasteiger charge is -2.30. The SMILES string of the molecule is NC(=O)c1cc2ccccc2n1[C@H]1CC[C@H](C(=O)NCCCCCCCCO)CC1. The number of aliphatic hydroxyl groups is 1. The van der Waals surface area contributed by atoms with Gasteiger partial charge in [-0.2, -0.15) is 0 Å². The van der Waals surface area contributed by atoms with E-state index in [4.69, 9.17) is 10.8 Å². The van der Waals surface area contributed by atoms with E-state index in [0.717, 1.165) is 81.7 Å². The normalized spacial score (nSPS) is 19.1. The standard InChI is InChI=1S/C24H35N3O3/c25-23(29)22-17-19-9-5-6-10-21(19)27(22)20-13-11-18(12-14-20)24(30)26-15-7-3-1-2-4-8-16-28/h5-6,9-10,17-18,20,28H,1-4,7-8,11-16H2,(H2,25,29)(H,26,30)/t18-,20-. The number of aromatic nitrogens is 1. The highest BCUT2D eigenvalue weighted by Gasteiger charge is 2.29. The number of hydrogen-bond donors (Lipinski definition) is 3. The summed E-state index contributed by atoms with van der Waals surface area (Å²) in [5, 5.41) is 12.9.